The molecule has 0 spiro atoms. The van der Waals surface area contributed by atoms with Gasteiger partial charge in [0, 0.05) is 46.5 Å². The highest BCUT2D eigenvalue weighted by Gasteiger charge is 2.32. The van der Waals surface area contributed by atoms with Crippen LogP contribution in [0.5, 0.6) is 0 Å². The molecule has 0 radical (unpaired) electrons. The van der Waals surface area contributed by atoms with Gasteiger partial charge in [0.2, 0.25) is 0 Å². The van der Waals surface area contributed by atoms with Gasteiger partial charge in [0.15, 0.2) is 0 Å². The number of nitriles is 1. The van der Waals surface area contributed by atoms with E-state index in [1.807, 2.05) is 48.3 Å². The van der Waals surface area contributed by atoms with E-state index in [-0.39, 0.29) is 17.0 Å². The van der Waals surface area contributed by atoms with Crippen molar-refractivity contribution in [2.24, 2.45) is 7.05 Å². The number of hydrogen-bond acceptors (Lipinski definition) is 7. The summed E-state index contributed by atoms with van der Waals surface area (Å²) in [5, 5.41) is 9.62. The fourth-order valence-electron chi connectivity index (χ4n) is 3.80. The second-order valence-electron chi connectivity index (χ2n) is 7.73. The van der Waals surface area contributed by atoms with E-state index in [0.29, 0.717) is 52.3 Å². The van der Waals surface area contributed by atoms with Crippen LogP contribution in [0.2, 0.25) is 0 Å². The lowest BCUT2D eigenvalue weighted by Gasteiger charge is -2.26. The second kappa shape index (κ2) is 10.8. The minimum absolute atomic E-state index is 0.0659. The topological polar surface area (TPSA) is 78.6 Å². The maximum Gasteiger partial charge on any atom is 0.270 e. The first-order chi connectivity index (χ1) is 15.8. The number of aromatic nitrogens is 1. The molecule has 0 unspecified atom stereocenters. The van der Waals surface area contributed by atoms with Crippen LogP contribution < -0.4 is 10.5 Å². The molecule has 7 nitrogen and oxygen atoms in total. The van der Waals surface area contributed by atoms with Crippen LogP contribution in [0.4, 0.5) is 5.82 Å². The average Bonchev–Trinajstić information content (AvgIpc) is 3.06. The van der Waals surface area contributed by atoms with Crippen molar-refractivity contribution in [2.45, 2.75) is 19.9 Å². The van der Waals surface area contributed by atoms with Crippen LogP contribution in [0.3, 0.4) is 0 Å². The van der Waals surface area contributed by atoms with Crippen molar-refractivity contribution >= 4 is 46.1 Å². The van der Waals surface area contributed by atoms with E-state index >= 15 is 0 Å². The third-order valence-corrected chi connectivity index (χ3v) is 6.85. The molecular formula is C24H26N4O3S2. The lowest BCUT2D eigenvalue weighted by molar-refractivity contribution is -0.122. The van der Waals surface area contributed by atoms with Crippen molar-refractivity contribution in [3.8, 4) is 6.07 Å². The zero-order valence-corrected chi connectivity index (χ0v) is 20.8. The fraction of sp³-hybridized carbons (Fsp3) is 0.333. The number of amides is 1. The quantitative estimate of drug-likeness (QED) is 0.324. The Balaban J connectivity index is 2.08. The summed E-state index contributed by atoms with van der Waals surface area (Å²) in [4.78, 5) is 29.9. The molecule has 3 rings (SSSR count). The molecule has 33 heavy (non-hydrogen) atoms. The third-order valence-electron chi connectivity index (χ3n) is 5.47. The summed E-state index contributed by atoms with van der Waals surface area (Å²) in [7, 11) is 5.15. The Morgan fingerprint density at radius 2 is 1.97 bits per heavy atom. The largest absolute Gasteiger partial charge is 0.385 e. The minimum atomic E-state index is -0.367. The van der Waals surface area contributed by atoms with Crippen LogP contribution in [0, 0.1) is 18.3 Å². The highest BCUT2D eigenvalue weighted by atomic mass is 32.2. The second-order valence-corrected chi connectivity index (χ2v) is 9.41. The number of ether oxygens (including phenoxy) is 1. The molecule has 1 aliphatic rings. The number of pyridine rings is 1. The highest BCUT2D eigenvalue weighted by molar-refractivity contribution is 8.26. The van der Waals surface area contributed by atoms with Gasteiger partial charge < -0.3 is 9.64 Å². The molecule has 9 heteroatoms. The maximum absolute atomic E-state index is 13.1. The fourth-order valence-corrected chi connectivity index (χ4v) is 5.09. The number of carbonyl (C=O) groups is 1. The summed E-state index contributed by atoms with van der Waals surface area (Å²) >= 11 is 6.66. The van der Waals surface area contributed by atoms with E-state index in [4.69, 9.17) is 17.0 Å². The molecular weight excluding hydrogens is 456 g/mol. The molecule has 1 aromatic carbocycles. The standard InChI is InChI=1S/C24H26N4O3S2/c1-16-18(13-20-23(30)28(24(32)33-20)11-8-12-31-4)21(27(3)22(29)19(16)14-25)26(2)15-17-9-6-5-7-10-17/h5-7,9-10,13H,8,11-12,15H2,1-4H3. The Bertz CT molecular complexity index is 1200. The number of carbonyl (C=O) groups excluding carboxylic acids is 1. The number of hydrogen-bond donors (Lipinski definition) is 0. The van der Waals surface area contributed by atoms with Crippen molar-refractivity contribution in [1.82, 2.24) is 9.47 Å². The van der Waals surface area contributed by atoms with Crippen LogP contribution in [-0.4, -0.2) is 47.0 Å². The number of thioether (sulfide) groups is 1. The SMILES string of the molecule is COCCCN1C(=O)C(=Cc2c(C)c(C#N)c(=O)n(C)c2N(C)Cc2ccccc2)SC1=S. The summed E-state index contributed by atoms with van der Waals surface area (Å²) in [6.45, 7) is 3.31. The van der Waals surface area contributed by atoms with Gasteiger partial charge in [-0.3, -0.25) is 19.1 Å². The van der Waals surface area contributed by atoms with Gasteiger partial charge in [-0.25, -0.2) is 0 Å². The highest BCUT2D eigenvalue weighted by Crippen LogP contribution is 2.35. The van der Waals surface area contributed by atoms with Crippen LogP contribution in [0.15, 0.2) is 40.0 Å². The van der Waals surface area contributed by atoms with E-state index in [2.05, 4.69) is 0 Å². The van der Waals surface area contributed by atoms with Crippen LogP contribution in [-0.2, 0) is 23.1 Å². The predicted octanol–water partition coefficient (Wildman–Crippen LogP) is 3.44. The van der Waals surface area contributed by atoms with E-state index in [0.717, 1.165) is 5.56 Å². The zero-order valence-electron chi connectivity index (χ0n) is 19.1. The number of nitrogens with zero attached hydrogens (tertiary/aromatic N) is 4. The smallest absolute Gasteiger partial charge is 0.270 e. The third kappa shape index (κ3) is 5.19. The zero-order chi connectivity index (χ0) is 24.1. The number of benzene rings is 1. The predicted molar refractivity (Wildman–Crippen MR) is 136 cm³/mol. The first-order valence-electron chi connectivity index (χ1n) is 10.4. The molecule has 0 N–H and O–H groups in total. The molecule has 1 fully saturated rings. The summed E-state index contributed by atoms with van der Waals surface area (Å²) in [6, 6.07) is 11.9. The first-order valence-corrected chi connectivity index (χ1v) is 11.7. The van der Waals surface area contributed by atoms with Gasteiger partial charge in [0.05, 0.1) is 4.91 Å². The van der Waals surface area contributed by atoms with Crippen molar-refractivity contribution in [1.29, 1.82) is 5.26 Å². The van der Waals surface area contributed by atoms with Gasteiger partial charge in [0.1, 0.15) is 21.8 Å². The Kier molecular flexibility index (Phi) is 8.08. The van der Waals surface area contributed by atoms with Crippen molar-refractivity contribution in [3.05, 3.63) is 67.8 Å². The van der Waals surface area contributed by atoms with Crippen molar-refractivity contribution in [2.75, 3.05) is 32.2 Å². The molecule has 0 saturated carbocycles. The lowest BCUT2D eigenvalue weighted by Crippen LogP contribution is -2.31. The van der Waals surface area contributed by atoms with Crippen molar-refractivity contribution < 1.29 is 9.53 Å². The molecule has 1 amide bonds. The Hall–Kier alpha value is -2.93. The van der Waals surface area contributed by atoms with Crippen molar-refractivity contribution in [3.63, 3.8) is 0 Å². The Morgan fingerprint density at radius 3 is 2.61 bits per heavy atom. The first kappa shape index (κ1) is 24.7. The molecule has 2 heterocycles. The molecule has 0 bridgehead atoms. The number of anilines is 1. The molecule has 0 aliphatic carbocycles. The van der Waals surface area contributed by atoms with Gasteiger partial charge in [0.25, 0.3) is 11.5 Å². The normalized spacial score (nSPS) is 14.8. The summed E-state index contributed by atoms with van der Waals surface area (Å²) in [5.41, 5.74) is 1.97. The van der Waals surface area contributed by atoms with E-state index in [9.17, 15) is 14.9 Å². The van der Waals surface area contributed by atoms with E-state index < -0.39 is 0 Å². The molecule has 1 aliphatic heterocycles. The van der Waals surface area contributed by atoms with E-state index in [1.165, 1.54) is 16.3 Å². The van der Waals surface area contributed by atoms with Crippen LogP contribution in [0.1, 0.15) is 28.7 Å². The molecule has 2 aromatic rings. The Labute approximate surface area is 203 Å². The maximum atomic E-state index is 13.1. The molecule has 1 saturated heterocycles. The van der Waals surface area contributed by atoms with Gasteiger partial charge in [-0.1, -0.05) is 54.3 Å². The van der Waals surface area contributed by atoms with Crippen LogP contribution in [0.25, 0.3) is 6.08 Å². The summed E-state index contributed by atoms with van der Waals surface area (Å²) < 4.78 is 7.04. The summed E-state index contributed by atoms with van der Waals surface area (Å²) in [5.74, 6) is 0.453. The molecule has 1 aromatic heterocycles. The summed E-state index contributed by atoms with van der Waals surface area (Å²) in [6.07, 6.45) is 2.43. The molecule has 172 valence electrons. The minimum Gasteiger partial charge on any atom is -0.385 e. The van der Waals surface area contributed by atoms with Gasteiger partial charge in [-0.05, 0) is 30.5 Å². The van der Waals surface area contributed by atoms with Gasteiger partial charge in [-0.15, -0.1) is 0 Å². The lowest BCUT2D eigenvalue weighted by atomic mass is 10.0. The number of rotatable bonds is 8. The number of thiocarbonyl (C=S) groups is 1. The Morgan fingerprint density at radius 1 is 1.27 bits per heavy atom. The van der Waals surface area contributed by atoms with E-state index in [1.54, 1.807) is 32.1 Å². The molecule has 0 atom stereocenters. The van der Waals surface area contributed by atoms with Crippen LogP contribution >= 0.6 is 24.0 Å². The van der Waals surface area contributed by atoms with Gasteiger partial charge >= 0.3 is 0 Å². The van der Waals surface area contributed by atoms with Gasteiger partial charge in [-0.2, -0.15) is 5.26 Å². The monoisotopic (exact) mass is 482 g/mol. The number of methoxy groups -OCH3 is 1. The average molecular weight is 483 g/mol.